The standard InChI is InChI=1S/C19H15FN4O2/c20-13-6-7-18-15(10-13)17(25)11-14-4-3-5-16(22-14)19-23-21-12-24(19)8-1-2-9-26-18/h1-7,10,12H,8-9,11H2/b2-1-. The van der Waals surface area contributed by atoms with Gasteiger partial charge in [-0.2, -0.15) is 0 Å². The van der Waals surface area contributed by atoms with Crippen molar-refractivity contribution in [2.24, 2.45) is 0 Å². The number of carbonyl (C=O) groups is 1. The van der Waals surface area contributed by atoms with Gasteiger partial charge in [0.2, 0.25) is 0 Å². The number of nitrogens with zero attached hydrogens (tertiary/aromatic N) is 4. The van der Waals surface area contributed by atoms with Gasteiger partial charge in [0, 0.05) is 12.2 Å². The van der Waals surface area contributed by atoms with Crippen LogP contribution in [0.15, 0.2) is 54.9 Å². The van der Waals surface area contributed by atoms with Crippen molar-refractivity contribution in [3.05, 3.63) is 72.0 Å². The Balaban J connectivity index is 1.78. The molecule has 3 aromatic rings. The van der Waals surface area contributed by atoms with Crippen LogP contribution in [0, 0.1) is 5.82 Å². The van der Waals surface area contributed by atoms with Crippen molar-refractivity contribution in [1.29, 1.82) is 0 Å². The summed E-state index contributed by atoms with van der Waals surface area (Å²) in [6, 6.07) is 9.35. The zero-order chi connectivity index (χ0) is 17.9. The minimum atomic E-state index is -0.479. The summed E-state index contributed by atoms with van der Waals surface area (Å²) in [5.41, 5.74) is 1.42. The van der Waals surface area contributed by atoms with Gasteiger partial charge >= 0.3 is 0 Å². The number of aromatic nitrogens is 4. The van der Waals surface area contributed by atoms with Gasteiger partial charge in [0.25, 0.3) is 0 Å². The van der Waals surface area contributed by atoms with E-state index in [0.29, 0.717) is 29.5 Å². The highest BCUT2D eigenvalue weighted by Crippen LogP contribution is 2.23. The molecule has 7 heteroatoms. The molecular formula is C19H15FN4O2. The highest BCUT2D eigenvalue weighted by Gasteiger charge is 2.17. The normalized spacial score (nSPS) is 15.3. The molecule has 6 nitrogen and oxygen atoms in total. The first-order valence-corrected chi connectivity index (χ1v) is 8.15. The lowest BCUT2D eigenvalue weighted by molar-refractivity contribution is 0.0988. The van der Waals surface area contributed by atoms with Crippen molar-refractivity contribution in [2.45, 2.75) is 13.0 Å². The van der Waals surface area contributed by atoms with Crippen LogP contribution in [0.3, 0.4) is 0 Å². The van der Waals surface area contributed by atoms with Crippen LogP contribution in [0.5, 0.6) is 5.75 Å². The van der Waals surface area contributed by atoms with Crippen molar-refractivity contribution < 1.29 is 13.9 Å². The summed E-state index contributed by atoms with van der Waals surface area (Å²) in [5, 5.41) is 8.06. The van der Waals surface area contributed by atoms with Crippen LogP contribution in [0.1, 0.15) is 16.1 Å². The number of hydrogen-bond acceptors (Lipinski definition) is 5. The van der Waals surface area contributed by atoms with Crippen molar-refractivity contribution in [3.63, 3.8) is 0 Å². The van der Waals surface area contributed by atoms with Gasteiger partial charge in [0.1, 0.15) is 30.2 Å². The highest BCUT2D eigenvalue weighted by molar-refractivity contribution is 5.99. The van der Waals surface area contributed by atoms with Crippen LogP contribution in [-0.4, -0.2) is 32.1 Å². The van der Waals surface area contributed by atoms with E-state index in [2.05, 4.69) is 15.2 Å². The van der Waals surface area contributed by atoms with Gasteiger partial charge in [-0.25, -0.2) is 9.37 Å². The second kappa shape index (κ2) is 6.87. The zero-order valence-electron chi connectivity index (χ0n) is 13.8. The molecule has 2 bridgehead atoms. The number of fused-ring (bicyclic) bond motifs is 5. The summed E-state index contributed by atoms with van der Waals surface area (Å²) in [4.78, 5) is 17.2. The second-order valence-corrected chi connectivity index (χ2v) is 5.84. The number of ketones is 1. The molecule has 0 amide bonds. The first-order valence-electron chi connectivity index (χ1n) is 8.15. The largest absolute Gasteiger partial charge is 0.489 e. The Bertz CT molecular complexity index is 997. The summed E-state index contributed by atoms with van der Waals surface area (Å²) in [6.45, 7) is 0.833. The fourth-order valence-electron chi connectivity index (χ4n) is 2.79. The van der Waals surface area contributed by atoms with Crippen LogP contribution < -0.4 is 4.74 Å². The molecule has 0 saturated heterocycles. The molecule has 1 aliphatic heterocycles. The van der Waals surface area contributed by atoms with Gasteiger partial charge in [0.05, 0.1) is 12.0 Å². The van der Waals surface area contributed by atoms with E-state index in [4.69, 9.17) is 4.74 Å². The molecule has 1 aromatic carbocycles. The van der Waals surface area contributed by atoms with E-state index in [1.807, 2.05) is 28.9 Å². The predicted octanol–water partition coefficient (Wildman–Crippen LogP) is 2.85. The van der Waals surface area contributed by atoms with Gasteiger partial charge in [-0.15, -0.1) is 10.2 Å². The minimum absolute atomic E-state index is 0.0393. The molecule has 0 atom stereocenters. The topological polar surface area (TPSA) is 69.9 Å². The van der Waals surface area contributed by atoms with Gasteiger partial charge in [0.15, 0.2) is 11.6 Å². The quantitative estimate of drug-likeness (QED) is 0.583. The predicted molar refractivity (Wildman–Crippen MR) is 92.3 cm³/mol. The number of hydrogen-bond donors (Lipinski definition) is 0. The van der Waals surface area contributed by atoms with Crippen molar-refractivity contribution in [3.8, 4) is 17.3 Å². The smallest absolute Gasteiger partial charge is 0.182 e. The maximum atomic E-state index is 13.6. The fraction of sp³-hybridized carbons (Fsp3) is 0.158. The number of ether oxygens (including phenoxy) is 1. The van der Waals surface area contributed by atoms with Crippen LogP contribution in [0.4, 0.5) is 4.39 Å². The molecule has 0 N–H and O–H groups in total. The molecule has 130 valence electrons. The summed E-state index contributed by atoms with van der Waals surface area (Å²) in [5.74, 6) is 0.242. The maximum absolute atomic E-state index is 13.6. The van der Waals surface area contributed by atoms with E-state index >= 15 is 0 Å². The third-order valence-electron chi connectivity index (χ3n) is 4.04. The van der Waals surface area contributed by atoms with Crippen LogP contribution in [0.2, 0.25) is 0 Å². The van der Waals surface area contributed by atoms with Crippen LogP contribution >= 0.6 is 0 Å². The minimum Gasteiger partial charge on any atom is -0.489 e. The molecule has 0 fully saturated rings. The van der Waals surface area contributed by atoms with E-state index in [0.717, 1.165) is 0 Å². The average Bonchev–Trinajstić information content (AvgIpc) is 3.10. The molecule has 0 spiro atoms. The fourth-order valence-corrected chi connectivity index (χ4v) is 2.79. The van der Waals surface area contributed by atoms with E-state index in [1.165, 1.54) is 18.2 Å². The molecule has 0 unspecified atom stereocenters. The Morgan fingerprint density at radius 3 is 3.00 bits per heavy atom. The lowest BCUT2D eigenvalue weighted by Crippen LogP contribution is -2.10. The Hall–Kier alpha value is -3.35. The first kappa shape index (κ1) is 16.1. The van der Waals surface area contributed by atoms with E-state index in [9.17, 15) is 9.18 Å². The molecule has 3 heterocycles. The van der Waals surface area contributed by atoms with E-state index in [1.54, 1.807) is 12.4 Å². The first-order chi connectivity index (χ1) is 12.7. The highest BCUT2D eigenvalue weighted by atomic mass is 19.1. The van der Waals surface area contributed by atoms with Crippen molar-refractivity contribution in [1.82, 2.24) is 19.7 Å². The third-order valence-corrected chi connectivity index (χ3v) is 4.04. The molecular weight excluding hydrogens is 335 g/mol. The summed E-state index contributed by atoms with van der Waals surface area (Å²) >= 11 is 0. The number of benzene rings is 1. The van der Waals surface area contributed by atoms with E-state index in [-0.39, 0.29) is 24.4 Å². The summed E-state index contributed by atoms with van der Waals surface area (Å²) in [7, 11) is 0. The molecule has 26 heavy (non-hydrogen) atoms. The molecule has 4 rings (SSSR count). The SMILES string of the molecule is O=C1Cc2cccc(n2)-c2nncn2C/C=C\COc2ccc(F)cc21. The summed E-state index contributed by atoms with van der Waals surface area (Å²) < 4.78 is 21.1. The molecule has 0 saturated carbocycles. The molecule has 0 aliphatic carbocycles. The van der Waals surface area contributed by atoms with Crippen LogP contribution in [0.25, 0.3) is 11.5 Å². The van der Waals surface area contributed by atoms with Gasteiger partial charge < -0.3 is 9.30 Å². The van der Waals surface area contributed by atoms with Gasteiger partial charge in [-0.1, -0.05) is 12.1 Å². The van der Waals surface area contributed by atoms with Crippen molar-refractivity contribution in [2.75, 3.05) is 6.61 Å². The number of halogens is 1. The van der Waals surface area contributed by atoms with E-state index < -0.39 is 5.82 Å². The number of pyridine rings is 1. The second-order valence-electron chi connectivity index (χ2n) is 5.84. The Morgan fingerprint density at radius 2 is 2.08 bits per heavy atom. The van der Waals surface area contributed by atoms with Gasteiger partial charge in [-0.3, -0.25) is 4.79 Å². The number of allylic oxidation sites excluding steroid dienone is 1. The number of carbonyl (C=O) groups excluding carboxylic acids is 1. The Kier molecular flexibility index (Phi) is 4.27. The maximum Gasteiger partial charge on any atom is 0.182 e. The number of rotatable bonds is 0. The third kappa shape index (κ3) is 3.23. The lowest BCUT2D eigenvalue weighted by Gasteiger charge is -2.11. The molecule has 1 aliphatic rings. The summed E-state index contributed by atoms with van der Waals surface area (Å²) in [6.07, 6.45) is 5.41. The van der Waals surface area contributed by atoms with Crippen LogP contribution in [-0.2, 0) is 13.0 Å². The van der Waals surface area contributed by atoms with Crippen molar-refractivity contribution >= 4 is 5.78 Å². The Labute approximate surface area is 149 Å². The number of Topliss-reactive ketones (excluding diaryl/α,β-unsaturated/α-hetero) is 1. The molecule has 2 aromatic heterocycles. The van der Waals surface area contributed by atoms with Gasteiger partial charge in [-0.05, 0) is 36.4 Å². The zero-order valence-corrected chi connectivity index (χ0v) is 13.8. The molecule has 0 radical (unpaired) electrons. The lowest BCUT2D eigenvalue weighted by atomic mass is 10.0. The average molecular weight is 350 g/mol. The monoisotopic (exact) mass is 350 g/mol. The Morgan fingerprint density at radius 1 is 1.15 bits per heavy atom.